The fourth-order valence-corrected chi connectivity index (χ4v) is 3.46. The van der Waals surface area contributed by atoms with Crippen molar-refractivity contribution < 1.29 is 10.2 Å². The van der Waals surface area contributed by atoms with Crippen molar-refractivity contribution >= 4 is 0 Å². The number of fused-ring (bicyclic) bond motifs is 1. The van der Waals surface area contributed by atoms with Crippen LogP contribution in [0.15, 0.2) is 30.3 Å². The van der Waals surface area contributed by atoms with E-state index < -0.39 is 11.7 Å². The molecule has 3 aliphatic rings. The largest absolute Gasteiger partial charge is 0.390 e. The zero-order valence-electron chi connectivity index (χ0n) is 9.34. The first-order chi connectivity index (χ1) is 7.67. The van der Waals surface area contributed by atoms with E-state index in [-0.39, 0.29) is 0 Å². The van der Waals surface area contributed by atoms with E-state index in [1.54, 1.807) is 0 Å². The van der Waals surface area contributed by atoms with E-state index in [1.807, 2.05) is 30.3 Å². The lowest BCUT2D eigenvalue weighted by Crippen LogP contribution is -2.39. The van der Waals surface area contributed by atoms with Crippen LogP contribution >= 0.6 is 0 Å². The maximum atomic E-state index is 10.2. The second-order valence-corrected chi connectivity index (χ2v) is 5.47. The van der Waals surface area contributed by atoms with Gasteiger partial charge in [0.05, 0.1) is 11.7 Å². The van der Waals surface area contributed by atoms with Gasteiger partial charge in [0.1, 0.15) is 0 Å². The van der Waals surface area contributed by atoms with E-state index in [4.69, 9.17) is 0 Å². The molecule has 2 atom stereocenters. The highest BCUT2D eigenvalue weighted by Crippen LogP contribution is 2.57. The van der Waals surface area contributed by atoms with Crippen LogP contribution in [-0.2, 0) is 0 Å². The van der Waals surface area contributed by atoms with Crippen molar-refractivity contribution in [3.05, 3.63) is 35.9 Å². The highest BCUT2D eigenvalue weighted by molar-refractivity contribution is 5.18. The van der Waals surface area contributed by atoms with Gasteiger partial charge in [-0.1, -0.05) is 30.3 Å². The van der Waals surface area contributed by atoms with Crippen molar-refractivity contribution in [3.63, 3.8) is 0 Å². The van der Waals surface area contributed by atoms with Gasteiger partial charge >= 0.3 is 0 Å². The Labute approximate surface area is 95.9 Å². The fourth-order valence-electron chi connectivity index (χ4n) is 3.46. The first kappa shape index (κ1) is 10.3. The van der Waals surface area contributed by atoms with Crippen molar-refractivity contribution in [2.24, 2.45) is 11.8 Å². The van der Waals surface area contributed by atoms with Crippen molar-refractivity contribution in [3.8, 4) is 0 Å². The van der Waals surface area contributed by atoms with Crippen LogP contribution in [-0.4, -0.2) is 15.8 Å². The Morgan fingerprint density at radius 2 is 1.94 bits per heavy atom. The summed E-state index contributed by atoms with van der Waals surface area (Å²) in [6, 6.07) is 9.75. The van der Waals surface area contributed by atoms with E-state index in [1.165, 1.54) is 0 Å². The van der Waals surface area contributed by atoms with Crippen LogP contribution in [0.3, 0.4) is 0 Å². The monoisotopic (exact) mass is 218 g/mol. The Bertz CT molecular complexity index is 368. The Morgan fingerprint density at radius 1 is 1.25 bits per heavy atom. The van der Waals surface area contributed by atoms with Crippen LogP contribution in [0, 0.1) is 11.8 Å². The SMILES string of the molecule is OC(CC1CC2CC1(O)C2)c1ccccc1. The Hall–Kier alpha value is -0.860. The molecule has 2 bridgehead atoms. The van der Waals surface area contributed by atoms with Gasteiger partial charge in [-0.15, -0.1) is 0 Å². The molecule has 1 aromatic carbocycles. The summed E-state index contributed by atoms with van der Waals surface area (Å²) in [5, 5.41) is 20.3. The zero-order chi connectivity index (χ0) is 11.2. The average molecular weight is 218 g/mol. The predicted molar refractivity (Wildman–Crippen MR) is 61.8 cm³/mol. The van der Waals surface area contributed by atoms with Crippen molar-refractivity contribution in [2.45, 2.75) is 37.4 Å². The molecular weight excluding hydrogens is 200 g/mol. The molecule has 1 aromatic rings. The van der Waals surface area contributed by atoms with Crippen LogP contribution in [0.25, 0.3) is 0 Å². The van der Waals surface area contributed by atoms with Crippen molar-refractivity contribution in [2.75, 3.05) is 0 Å². The van der Waals surface area contributed by atoms with Gasteiger partial charge in [-0.3, -0.25) is 0 Å². The van der Waals surface area contributed by atoms with Gasteiger partial charge < -0.3 is 10.2 Å². The molecule has 3 fully saturated rings. The summed E-state index contributed by atoms with van der Waals surface area (Å²) < 4.78 is 0. The fraction of sp³-hybridized carbons (Fsp3) is 0.571. The zero-order valence-corrected chi connectivity index (χ0v) is 9.34. The van der Waals surface area contributed by atoms with Crippen LogP contribution in [0.2, 0.25) is 0 Å². The molecule has 86 valence electrons. The van der Waals surface area contributed by atoms with E-state index in [0.717, 1.165) is 30.7 Å². The lowest BCUT2D eigenvalue weighted by Gasteiger charge is -2.36. The van der Waals surface area contributed by atoms with Gasteiger partial charge in [-0.2, -0.15) is 0 Å². The van der Waals surface area contributed by atoms with Crippen LogP contribution in [0.4, 0.5) is 0 Å². The lowest BCUT2D eigenvalue weighted by molar-refractivity contribution is -0.0594. The number of hydrogen-bond acceptors (Lipinski definition) is 2. The summed E-state index contributed by atoms with van der Waals surface area (Å²) in [7, 11) is 0. The molecule has 0 radical (unpaired) electrons. The summed E-state index contributed by atoms with van der Waals surface area (Å²) >= 11 is 0. The molecule has 3 saturated carbocycles. The summed E-state index contributed by atoms with van der Waals surface area (Å²) in [6.07, 6.45) is 3.30. The molecule has 2 heteroatoms. The molecule has 0 aromatic heterocycles. The molecule has 3 aliphatic carbocycles. The summed E-state index contributed by atoms with van der Waals surface area (Å²) in [5.74, 6) is 1.02. The van der Waals surface area contributed by atoms with E-state index in [2.05, 4.69) is 0 Å². The first-order valence-electron chi connectivity index (χ1n) is 6.13. The quantitative estimate of drug-likeness (QED) is 0.817. The number of aliphatic hydroxyl groups excluding tert-OH is 1. The molecule has 4 rings (SSSR count). The number of aliphatic hydroxyl groups is 2. The average Bonchev–Trinajstić information content (AvgIpc) is 2.71. The van der Waals surface area contributed by atoms with E-state index in [9.17, 15) is 10.2 Å². The van der Waals surface area contributed by atoms with Crippen molar-refractivity contribution in [1.29, 1.82) is 0 Å². The molecule has 16 heavy (non-hydrogen) atoms. The highest BCUT2D eigenvalue weighted by Gasteiger charge is 2.56. The smallest absolute Gasteiger partial charge is 0.0793 e. The number of rotatable bonds is 3. The van der Waals surface area contributed by atoms with Gasteiger partial charge in [0.2, 0.25) is 0 Å². The van der Waals surface area contributed by atoms with Crippen molar-refractivity contribution in [1.82, 2.24) is 0 Å². The molecule has 0 saturated heterocycles. The maximum Gasteiger partial charge on any atom is 0.0793 e. The molecule has 2 unspecified atom stereocenters. The number of benzene rings is 1. The molecule has 0 amide bonds. The summed E-state index contributed by atoms with van der Waals surface area (Å²) in [6.45, 7) is 0. The van der Waals surface area contributed by atoms with Gasteiger partial charge in [-0.25, -0.2) is 0 Å². The van der Waals surface area contributed by atoms with Gasteiger partial charge in [0.15, 0.2) is 0 Å². The molecule has 0 heterocycles. The standard InChI is InChI=1S/C14H18O2/c15-13(11-4-2-1-3-5-11)7-12-6-10-8-14(12,16)9-10/h1-5,10,12-13,15-16H,6-9H2. The minimum absolute atomic E-state index is 0.299. The molecular formula is C14H18O2. The third kappa shape index (κ3) is 1.57. The van der Waals surface area contributed by atoms with Crippen LogP contribution < -0.4 is 0 Å². The van der Waals surface area contributed by atoms with Gasteiger partial charge in [0, 0.05) is 0 Å². The lowest BCUT2D eigenvalue weighted by atomic mass is 9.76. The second kappa shape index (κ2) is 3.57. The van der Waals surface area contributed by atoms with Crippen LogP contribution in [0.5, 0.6) is 0 Å². The minimum atomic E-state index is -0.444. The Balaban J connectivity index is 1.67. The first-order valence-corrected chi connectivity index (χ1v) is 6.13. The van der Waals surface area contributed by atoms with Gasteiger partial charge in [-0.05, 0) is 43.1 Å². The van der Waals surface area contributed by atoms with Gasteiger partial charge in [0.25, 0.3) is 0 Å². The van der Waals surface area contributed by atoms with E-state index >= 15 is 0 Å². The molecule has 2 nitrogen and oxygen atoms in total. The maximum absolute atomic E-state index is 10.2. The third-order valence-electron chi connectivity index (χ3n) is 4.35. The molecule has 0 spiro atoms. The Kier molecular flexibility index (Phi) is 2.30. The molecule has 0 aliphatic heterocycles. The summed E-state index contributed by atoms with van der Waals surface area (Å²) in [5.41, 5.74) is 0.524. The Morgan fingerprint density at radius 3 is 2.50 bits per heavy atom. The summed E-state index contributed by atoms with van der Waals surface area (Å²) in [4.78, 5) is 0. The third-order valence-corrected chi connectivity index (χ3v) is 4.35. The molecule has 2 N–H and O–H groups in total. The minimum Gasteiger partial charge on any atom is -0.390 e. The second-order valence-electron chi connectivity index (χ2n) is 5.47. The number of hydrogen-bond donors (Lipinski definition) is 2. The normalized spacial score (nSPS) is 38.1. The highest BCUT2D eigenvalue weighted by atomic mass is 16.3. The topological polar surface area (TPSA) is 40.5 Å². The predicted octanol–water partition coefficient (Wildman–Crippen LogP) is 2.27. The van der Waals surface area contributed by atoms with E-state index in [0.29, 0.717) is 12.3 Å². The van der Waals surface area contributed by atoms with Crippen LogP contribution in [0.1, 0.15) is 37.4 Å².